The number of benzene rings is 1. The normalized spacial score (nSPS) is 22.7. The molecule has 3 rings (SSSR count). The highest BCUT2D eigenvalue weighted by Crippen LogP contribution is 2.29. The third-order valence-corrected chi connectivity index (χ3v) is 6.13. The fourth-order valence-corrected chi connectivity index (χ4v) is 4.42. The molecule has 0 saturated carbocycles. The van der Waals surface area contributed by atoms with Crippen molar-refractivity contribution in [3.8, 4) is 5.75 Å². The predicted octanol–water partition coefficient (Wildman–Crippen LogP) is 3.57. The van der Waals surface area contributed by atoms with E-state index in [-0.39, 0.29) is 12.2 Å². The van der Waals surface area contributed by atoms with Crippen molar-refractivity contribution in [1.29, 1.82) is 0 Å². The van der Waals surface area contributed by atoms with Crippen molar-refractivity contribution in [3.63, 3.8) is 0 Å². The first-order valence-electron chi connectivity index (χ1n) is 10.2. The first kappa shape index (κ1) is 21.4. The molecule has 1 aromatic rings. The molecule has 2 atom stereocenters. The van der Waals surface area contributed by atoms with Crippen molar-refractivity contribution < 1.29 is 19.0 Å². The monoisotopic (exact) mass is 454 g/mol. The summed E-state index contributed by atoms with van der Waals surface area (Å²) in [7, 11) is 1.68. The minimum absolute atomic E-state index is 0.00190. The van der Waals surface area contributed by atoms with E-state index >= 15 is 0 Å². The molecule has 6 nitrogen and oxygen atoms in total. The summed E-state index contributed by atoms with van der Waals surface area (Å²) in [5.74, 6) is 1.49. The first-order chi connectivity index (χ1) is 13.6. The number of halogens is 1. The Balaban J connectivity index is 1.48. The number of nitrogens with zero attached hydrogens (tertiary/aromatic N) is 2. The first-order valence-corrected chi connectivity index (χ1v) is 11.0. The largest absolute Gasteiger partial charge is 0.491 e. The predicted molar refractivity (Wildman–Crippen MR) is 112 cm³/mol. The van der Waals surface area contributed by atoms with Crippen LogP contribution in [0.3, 0.4) is 0 Å². The summed E-state index contributed by atoms with van der Waals surface area (Å²) in [6, 6.07) is 6.18. The molecule has 7 heteroatoms. The van der Waals surface area contributed by atoms with Gasteiger partial charge in [-0.05, 0) is 55.5 Å². The van der Waals surface area contributed by atoms with Gasteiger partial charge in [0.05, 0.1) is 13.2 Å². The van der Waals surface area contributed by atoms with E-state index in [0.29, 0.717) is 19.1 Å². The zero-order valence-corrected chi connectivity index (χ0v) is 18.4. The van der Waals surface area contributed by atoms with Crippen LogP contribution in [0, 0.1) is 5.92 Å². The highest BCUT2D eigenvalue weighted by atomic mass is 79.9. The number of carbonyl (C=O) groups is 1. The van der Waals surface area contributed by atoms with Crippen LogP contribution >= 0.6 is 15.9 Å². The molecule has 2 aliphatic heterocycles. The fraction of sp³-hybridized carbons (Fsp3) is 0.667. The zero-order chi connectivity index (χ0) is 19.9. The molecule has 2 aliphatic rings. The van der Waals surface area contributed by atoms with Gasteiger partial charge in [0.1, 0.15) is 18.5 Å². The van der Waals surface area contributed by atoms with E-state index < -0.39 is 0 Å². The Hall–Kier alpha value is -1.31. The highest BCUT2D eigenvalue weighted by molar-refractivity contribution is 9.10. The molecule has 1 amide bonds. The second-order valence-corrected chi connectivity index (χ2v) is 8.52. The van der Waals surface area contributed by atoms with Gasteiger partial charge in [-0.2, -0.15) is 0 Å². The number of hydrogen-bond acceptors (Lipinski definition) is 5. The van der Waals surface area contributed by atoms with Crippen molar-refractivity contribution in [2.75, 3.05) is 53.0 Å². The molecule has 2 saturated heterocycles. The minimum Gasteiger partial charge on any atom is -0.491 e. The molecular formula is C21H31BrN2O4. The van der Waals surface area contributed by atoms with Gasteiger partial charge < -0.3 is 19.1 Å². The SMILES string of the molecule is CCCN1CC(CN2CCC(Cc3cc(OCCOC)ccc3Br)C2)OC1=O. The average molecular weight is 455 g/mol. The summed E-state index contributed by atoms with van der Waals surface area (Å²) in [6.45, 7) is 7.69. The van der Waals surface area contributed by atoms with Crippen LogP contribution in [0.25, 0.3) is 0 Å². The van der Waals surface area contributed by atoms with Crippen LogP contribution in [-0.2, 0) is 15.9 Å². The number of likely N-dealkylation sites (tertiary alicyclic amines) is 1. The van der Waals surface area contributed by atoms with E-state index in [1.807, 2.05) is 11.0 Å². The number of rotatable bonds is 10. The molecule has 0 N–H and O–H groups in total. The minimum atomic E-state index is -0.156. The van der Waals surface area contributed by atoms with Crippen molar-refractivity contribution >= 4 is 22.0 Å². The summed E-state index contributed by atoms with van der Waals surface area (Å²) in [5, 5.41) is 0. The Morgan fingerprint density at radius 1 is 1.29 bits per heavy atom. The maximum Gasteiger partial charge on any atom is 0.410 e. The summed E-state index contributed by atoms with van der Waals surface area (Å²) < 4.78 is 17.5. The second-order valence-electron chi connectivity index (χ2n) is 7.66. The summed E-state index contributed by atoms with van der Waals surface area (Å²) >= 11 is 3.68. The Morgan fingerprint density at radius 3 is 2.93 bits per heavy atom. The smallest absolute Gasteiger partial charge is 0.410 e. The average Bonchev–Trinajstić information content (AvgIpc) is 3.25. The van der Waals surface area contributed by atoms with Crippen LogP contribution in [-0.4, -0.2) is 75.0 Å². The zero-order valence-electron chi connectivity index (χ0n) is 16.9. The second kappa shape index (κ2) is 10.5. The molecule has 0 spiro atoms. The van der Waals surface area contributed by atoms with Crippen LogP contribution in [0.15, 0.2) is 22.7 Å². The molecule has 0 bridgehead atoms. The van der Waals surface area contributed by atoms with Gasteiger partial charge in [0, 0.05) is 31.2 Å². The van der Waals surface area contributed by atoms with Crippen molar-refractivity contribution in [2.45, 2.75) is 32.3 Å². The van der Waals surface area contributed by atoms with Crippen LogP contribution in [0.5, 0.6) is 5.75 Å². The van der Waals surface area contributed by atoms with Gasteiger partial charge in [0.2, 0.25) is 0 Å². The third kappa shape index (κ3) is 5.84. The number of hydrogen-bond donors (Lipinski definition) is 0. The van der Waals surface area contributed by atoms with E-state index in [4.69, 9.17) is 14.2 Å². The molecule has 2 heterocycles. The van der Waals surface area contributed by atoms with Crippen molar-refractivity contribution in [3.05, 3.63) is 28.2 Å². The third-order valence-electron chi connectivity index (χ3n) is 5.36. The van der Waals surface area contributed by atoms with Crippen LogP contribution in [0.1, 0.15) is 25.3 Å². The van der Waals surface area contributed by atoms with E-state index in [1.54, 1.807) is 7.11 Å². The number of cyclic esters (lactones) is 1. The van der Waals surface area contributed by atoms with Gasteiger partial charge in [0.25, 0.3) is 0 Å². The molecule has 0 aromatic heterocycles. The van der Waals surface area contributed by atoms with Crippen molar-refractivity contribution in [1.82, 2.24) is 9.80 Å². The highest BCUT2D eigenvalue weighted by Gasteiger charge is 2.33. The topological polar surface area (TPSA) is 51.2 Å². The van der Waals surface area contributed by atoms with E-state index in [9.17, 15) is 4.79 Å². The molecule has 2 unspecified atom stereocenters. The van der Waals surface area contributed by atoms with Gasteiger partial charge >= 0.3 is 6.09 Å². The number of ether oxygens (including phenoxy) is 3. The van der Waals surface area contributed by atoms with Crippen LogP contribution in [0.2, 0.25) is 0 Å². The standard InChI is InChI=1S/C21H31BrN2O4/c1-3-7-24-15-19(28-21(24)25)14-23-8-6-16(13-23)11-17-12-18(4-5-20(17)22)27-10-9-26-2/h4-5,12,16,19H,3,6-11,13-15H2,1-2H3. The quantitative estimate of drug-likeness (QED) is 0.505. The fourth-order valence-electron chi connectivity index (χ4n) is 4.01. The molecular weight excluding hydrogens is 424 g/mol. The van der Waals surface area contributed by atoms with Gasteiger partial charge in [-0.25, -0.2) is 4.79 Å². The Bertz CT molecular complexity index is 657. The van der Waals surface area contributed by atoms with Crippen LogP contribution < -0.4 is 4.74 Å². The lowest BCUT2D eigenvalue weighted by Crippen LogP contribution is -2.33. The number of methoxy groups -OCH3 is 1. The lowest BCUT2D eigenvalue weighted by molar-refractivity contribution is 0.112. The van der Waals surface area contributed by atoms with Crippen LogP contribution in [0.4, 0.5) is 4.79 Å². The summed E-state index contributed by atoms with van der Waals surface area (Å²) in [6.07, 6.45) is 3.00. The molecule has 1 aromatic carbocycles. The molecule has 2 fully saturated rings. The summed E-state index contributed by atoms with van der Waals surface area (Å²) in [5.41, 5.74) is 1.28. The number of carbonyl (C=O) groups excluding carboxylic acids is 1. The van der Waals surface area contributed by atoms with Gasteiger partial charge in [0.15, 0.2) is 0 Å². The lowest BCUT2D eigenvalue weighted by atomic mass is 9.98. The van der Waals surface area contributed by atoms with E-state index in [2.05, 4.69) is 39.9 Å². The van der Waals surface area contributed by atoms with E-state index in [1.165, 1.54) is 12.0 Å². The molecule has 0 radical (unpaired) electrons. The lowest BCUT2D eigenvalue weighted by Gasteiger charge is -2.19. The molecule has 28 heavy (non-hydrogen) atoms. The summed E-state index contributed by atoms with van der Waals surface area (Å²) in [4.78, 5) is 16.1. The maximum absolute atomic E-state index is 11.9. The maximum atomic E-state index is 11.9. The Labute approximate surface area is 176 Å². The Kier molecular flexibility index (Phi) is 8.00. The Morgan fingerprint density at radius 2 is 2.14 bits per heavy atom. The number of amides is 1. The van der Waals surface area contributed by atoms with Crippen molar-refractivity contribution in [2.24, 2.45) is 5.92 Å². The van der Waals surface area contributed by atoms with Gasteiger partial charge in [-0.15, -0.1) is 0 Å². The van der Waals surface area contributed by atoms with Gasteiger partial charge in [-0.3, -0.25) is 4.90 Å². The van der Waals surface area contributed by atoms with Gasteiger partial charge in [-0.1, -0.05) is 22.9 Å². The molecule has 0 aliphatic carbocycles. The molecule has 156 valence electrons. The van der Waals surface area contributed by atoms with E-state index in [0.717, 1.165) is 55.8 Å².